The summed E-state index contributed by atoms with van der Waals surface area (Å²) < 4.78 is 15.3. The lowest BCUT2D eigenvalue weighted by molar-refractivity contribution is -0.132. The molecule has 3 atom stereocenters. The van der Waals surface area contributed by atoms with Crippen LogP contribution in [0.25, 0.3) is 5.65 Å². The highest BCUT2D eigenvalue weighted by molar-refractivity contribution is 5.82. The minimum absolute atomic E-state index is 0.0858. The number of carbonyl (C=O) groups excluding carboxylic acids is 1. The van der Waals surface area contributed by atoms with E-state index >= 15 is 0 Å². The van der Waals surface area contributed by atoms with Gasteiger partial charge in [-0.15, -0.1) is 0 Å². The van der Waals surface area contributed by atoms with Crippen LogP contribution >= 0.6 is 0 Å². The van der Waals surface area contributed by atoms with Crippen molar-refractivity contribution in [3.8, 4) is 0 Å². The number of nitrogens with zero attached hydrogens (tertiary/aromatic N) is 6. The quantitative estimate of drug-likeness (QED) is 0.610. The molecule has 0 radical (unpaired) electrons. The van der Waals surface area contributed by atoms with Crippen LogP contribution in [0.1, 0.15) is 43.6 Å². The van der Waals surface area contributed by atoms with Crippen molar-refractivity contribution in [2.75, 3.05) is 24.5 Å². The van der Waals surface area contributed by atoms with Gasteiger partial charge in [0.05, 0.1) is 6.04 Å². The fraction of sp³-hybridized carbons (Fsp3) is 0.478. The van der Waals surface area contributed by atoms with E-state index in [1.807, 2.05) is 22.7 Å². The van der Waals surface area contributed by atoms with Crippen LogP contribution in [0.2, 0.25) is 0 Å². The van der Waals surface area contributed by atoms with Crippen molar-refractivity contribution in [1.29, 1.82) is 0 Å². The topological polar surface area (TPSA) is 66.6 Å². The molecule has 3 aromatic rings. The Kier molecular flexibility index (Phi) is 5.29. The number of piperazine rings is 1. The van der Waals surface area contributed by atoms with E-state index in [2.05, 4.69) is 30.9 Å². The van der Waals surface area contributed by atoms with Crippen LogP contribution in [-0.4, -0.2) is 56.1 Å². The number of fused-ring (bicyclic) bond motifs is 2. The first-order chi connectivity index (χ1) is 15.1. The Labute approximate surface area is 180 Å². The Morgan fingerprint density at radius 1 is 1.19 bits per heavy atom. The third-order valence-corrected chi connectivity index (χ3v) is 6.59. The Balaban J connectivity index is 1.18. The number of carbonyl (C=O) groups is 1. The third-order valence-electron chi connectivity index (χ3n) is 6.59. The SMILES string of the molecule is CC(F)c1ccc(N2CCN3C(=O)C(CCCc4cccc5ncnn45)C[C@H]3C2)nc1. The van der Waals surface area contributed by atoms with E-state index < -0.39 is 6.17 Å². The summed E-state index contributed by atoms with van der Waals surface area (Å²) in [6.07, 6.45) is 5.78. The molecule has 3 aromatic heterocycles. The Hall–Kier alpha value is -3.03. The van der Waals surface area contributed by atoms with Gasteiger partial charge < -0.3 is 9.80 Å². The van der Waals surface area contributed by atoms with Gasteiger partial charge in [0.1, 0.15) is 18.3 Å². The highest BCUT2D eigenvalue weighted by Gasteiger charge is 2.42. The first-order valence-corrected chi connectivity index (χ1v) is 11.0. The molecule has 1 amide bonds. The standard InChI is InChI=1S/C23H27FN6O/c1-16(24)18-8-9-21(25-13-18)28-10-11-29-20(14-28)12-17(23(29)31)4-2-5-19-6-3-7-22-26-15-27-30(19)22/h3,6-9,13,15-17,20H,2,4-5,10-12,14H2,1H3/t16?,17?,20-/m0/s1. The van der Waals surface area contributed by atoms with Gasteiger partial charge in [0.25, 0.3) is 0 Å². The number of rotatable bonds is 6. The second-order valence-corrected chi connectivity index (χ2v) is 8.57. The van der Waals surface area contributed by atoms with E-state index in [0.29, 0.717) is 5.56 Å². The first kappa shape index (κ1) is 19.9. The highest BCUT2D eigenvalue weighted by atomic mass is 19.1. The van der Waals surface area contributed by atoms with Gasteiger partial charge in [0.15, 0.2) is 5.65 Å². The van der Waals surface area contributed by atoms with Crippen LogP contribution in [0.5, 0.6) is 0 Å². The second-order valence-electron chi connectivity index (χ2n) is 8.57. The normalized spacial score (nSPS) is 22.2. The van der Waals surface area contributed by atoms with Gasteiger partial charge in [0, 0.05) is 43.0 Å². The van der Waals surface area contributed by atoms with E-state index in [-0.39, 0.29) is 17.9 Å². The molecule has 31 heavy (non-hydrogen) atoms. The largest absolute Gasteiger partial charge is 0.353 e. The van der Waals surface area contributed by atoms with Crippen LogP contribution in [0.15, 0.2) is 42.9 Å². The number of hydrogen-bond acceptors (Lipinski definition) is 5. The van der Waals surface area contributed by atoms with Crippen LogP contribution < -0.4 is 4.90 Å². The molecule has 2 aliphatic heterocycles. The molecule has 5 rings (SSSR count). The molecular formula is C23H27FN6O. The minimum Gasteiger partial charge on any atom is -0.353 e. The van der Waals surface area contributed by atoms with Crippen LogP contribution in [0.4, 0.5) is 10.2 Å². The van der Waals surface area contributed by atoms with Gasteiger partial charge in [-0.3, -0.25) is 4.79 Å². The summed E-state index contributed by atoms with van der Waals surface area (Å²) >= 11 is 0. The molecule has 0 bridgehead atoms. The van der Waals surface area contributed by atoms with Crippen molar-refractivity contribution >= 4 is 17.4 Å². The summed E-state index contributed by atoms with van der Waals surface area (Å²) in [6.45, 7) is 3.80. The summed E-state index contributed by atoms with van der Waals surface area (Å²) in [7, 11) is 0. The predicted octanol–water partition coefficient (Wildman–Crippen LogP) is 3.21. The number of alkyl halides is 1. The number of aryl methyl sites for hydroxylation is 1. The van der Waals surface area contributed by atoms with E-state index in [4.69, 9.17) is 0 Å². The maximum absolute atomic E-state index is 13.4. The molecule has 0 aromatic carbocycles. The number of anilines is 1. The molecule has 2 unspecified atom stereocenters. The molecule has 162 valence electrons. The fourth-order valence-electron chi connectivity index (χ4n) is 4.90. The van der Waals surface area contributed by atoms with Gasteiger partial charge in [-0.1, -0.05) is 12.1 Å². The molecule has 0 saturated carbocycles. The summed E-state index contributed by atoms with van der Waals surface area (Å²) in [5, 5.41) is 4.29. The van der Waals surface area contributed by atoms with Gasteiger partial charge >= 0.3 is 0 Å². The zero-order valence-electron chi connectivity index (χ0n) is 17.7. The van der Waals surface area contributed by atoms with Crippen molar-refractivity contribution < 1.29 is 9.18 Å². The fourth-order valence-corrected chi connectivity index (χ4v) is 4.90. The maximum atomic E-state index is 13.4. The molecule has 7 nitrogen and oxygen atoms in total. The van der Waals surface area contributed by atoms with Gasteiger partial charge in [-0.2, -0.15) is 5.10 Å². The lowest BCUT2D eigenvalue weighted by Gasteiger charge is -2.38. The van der Waals surface area contributed by atoms with Crippen molar-refractivity contribution in [2.24, 2.45) is 5.92 Å². The lowest BCUT2D eigenvalue weighted by atomic mass is 9.97. The molecule has 2 aliphatic rings. The number of pyridine rings is 2. The molecule has 0 spiro atoms. The molecule has 0 N–H and O–H groups in total. The van der Waals surface area contributed by atoms with Gasteiger partial charge in [-0.25, -0.2) is 18.9 Å². The van der Waals surface area contributed by atoms with Crippen LogP contribution in [0.3, 0.4) is 0 Å². The lowest BCUT2D eigenvalue weighted by Crippen LogP contribution is -2.51. The van der Waals surface area contributed by atoms with Gasteiger partial charge in [-0.05, 0) is 50.8 Å². The van der Waals surface area contributed by atoms with E-state index in [1.165, 1.54) is 6.92 Å². The van der Waals surface area contributed by atoms with Crippen LogP contribution in [0, 0.1) is 5.92 Å². The Morgan fingerprint density at radius 2 is 2.10 bits per heavy atom. The van der Waals surface area contributed by atoms with Crippen LogP contribution in [-0.2, 0) is 11.2 Å². The Morgan fingerprint density at radius 3 is 2.90 bits per heavy atom. The first-order valence-electron chi connectivity index (χ1n) is 11.0. The number of hydrogen-bond donors (Lipinski definition) is 0. The highest BCUT2D eigenvalue weighted by Crippen LogP contribution is 2.32. The molecular weight excluding hydrogens is 395 g/mol. The van der Waals surface area contributed by atoms with E-state index in [0.717, 1.165) is 62.5 Å². The average molecular weight is 423 g/mol. The maximum Gasteiger partial charge on any atom is 0.226 e. The Bertz CT molecular complexity index is 1070. The van der Waals surface area contributed by atoms with Crippen molar-refractivity contribution in [3.05, 3.63) is 54.1 Å². The smallest absolute Gasteiger partial charge is 0.226 e. The van der Waals surface area contributed by atoms with Gasteiger partial charge in [0.2, 0.25) is 5.91 Å². The average Bonchev–Trinajstić information content (AvgIpc) is 3.39. The summed E-state index contributed by atoms with van der Waals surface area (Å²) in [5.74, 6) is 1.24. The monoisotopic (exact) mass is 422 g/mol. The minimum atomic E-state index is -1.01. The summed E-state index contributed by atoms with van der Waals surface area (Å²) in [4.78, 5) is 25.9. The molecule has 2 fully saturated rings. The zero-order valence-corrected chi connectivity index (χ0v) is 17.7. The molecule has 5 heterocycles. The molecule has 8 heteroatoms. The second kappa shape index (κ2) is 8.24. The number of halogens is 1. The van der Waals surface area contributed by atoms with Crippen molar-refractivity contribution in [3.63, 3.8) is 0 Å². The summed E-state index contributed by atoms with van der Waals surface area (Å²) in [6, 6.07) is 9.94. The molecule has 0 aliphatic carbocycles. The third kappa shape index (κ3) is 3.86. The van der Waals surface area contributed by atoms with E-state index in [9.17, 15) is 9.18 Å². The van der Waals surface area contributed by atoms with E-state index in [1.54, 1.807) is 18.6 Å². The van der Waals surface area contributed by atoms with Crippen molar-refractivity contribution in [2.45, 2.75) is 44.8 Å². The molecule has 2 saturated heterocycles. The number of aromatic nitrogens is 4. The predicted molar refractivity (Wildman–Crippen MR) is 116 cm³/mol. The summed E-state index contributed by atoms with van der Waals surface area (Å²) in [5.41, 5.74) is 2.58. The number of amides is 1. The zero-order chi connectivity index (χ0) is 21.4. The van der Waals surface area contributed by atoms with Crippen molar-refractivity contribution in [1.82, 2.24) is 24.5 Å².